The first-order valence-corrected chi connectivity index (χ1v) is 6.92. The van der Waals surface area contributed by atoms with Crippen LogP contribution in [0.5, 0.6) is 5.75 Å². The number of rotatable bonds is 4. The van der Waals surface area contributed by atoms with Gasteiger partial charge < -0.3 is 15.8 Å². The molecule has 0 saturated carbocycles. The summed E-state index contributed by atoms with van der Waals surface area (Å²) in [5.74, 6) is 0.643. The van der Waals surface area contributed by atoms with Crippen LogP contribution >= 0.6 is 23.2 Å². The average molecular weight is 311 g/mol. The molecule has 0 spiro atoms. The zero-order valence-corrected chi connectivity index (χ0v) is 12.8. The molecule has 1 atom stereocenters. The van der Waals surface area contributed by atoms with Crippen LogP contribution in [0.1, 0.15) is 18.5 Å². The first kappa shape index (κ1) is 14.8. The minimum atomic E-state index is -0.00540. The van der Waals surface area contributed by atoms with Crippen LogP contribution in [0.4, 0.5) is 11.4 Å². The van der Waals surface area contributed by atoms with E-state index in [0.717, 1.165) is 11.3 Å². The Morgan fingerprint density at radius 3 is 2.60 bits per heavy atom. The summed E-state index contributed by atoms with van der Waals surface area (Å²) >= 11 is 12.1. The SMILES string of the molecule is COc1cccc(NC(C)c2ccc(Cl)cc2Cl)c1N. The molecule has 0 aliphatic heterocycles. The normalized spacial score (nSPS) is 12.0. The second-order valence-electron chi connectivity index (χ2n) is 4.45. The summed E-state index contributed by atoms with van der Waals surface area (Å²) in [6.45, 7) is 2.01. The van der Waals surface area contributed by atoms with Crippen LogP contribution in [0.3, 0.4) is 0 Å². The number of para-hydroxylation sites is 1. The first-order valence-electron chi connectivity index (χ1n) is 6.17. The lowest BCUT2D eigenvalue weighted by Crippen LogP contribution is -2.09. The van der Waals surface area contributed by atoms with E-state index in [4.69, 9.17) is 33.7 Å². The van der Waals surface area contributed by atoms with Crippen LogP contribution in [0.15, 0.2) is 36.4 Å². The van der Waals surface area contributed by atoms with Crippen molar-refractivity contribution in [2.45, 2.75) is 13.0 Å². The van der Waals surface area contributed by atoms with Gasteiger partial charge in [0.05, 0.1) is 24.5 Å². The Balaban J connectivity index is 2.25. The maximum absolute atomic E-state index is 6.21. The highest BCUT2D eigenvalue weighted by molar-refractivity contribution is 6.35. The molecule has 0 saturated heterocycles. The highest BCUT2D eigenvalue weighted by Gasteiger charge is 2.12. The standard InChI is InChI=1S/C15H16Cl2N2O/c1-9(11-7-6-10(16)8-12(11)17)19-13-4-3-5-14(20-2)15(13)18/h3-9,19H,18H2,1-2H3. The number of nitrogen functional groups attached to an aromatic ring is 1. The summed E-state index contributed by atoms with van der Waals surface area (Å²) in [6, 6.07) is 11.0. The lowest BCUT2D eigenvalue weighted by molar-refractivity contribution is 0.417. The third kappa shape index (κ3) is 3.11. The van der Waals surface area contributed by atoms with Crippen molar-refractivity contribution < 1.29 is 4.74 Å². The molecule has 0 amide bonds. The highest BCUT2D eigenvalue weighted by Crippen LogP contribution is 2.33. The van der Waals surface area contributed by atoms with Crippen LogP contribution < -0.4 is 15.8 Å². The van der Waals surface area contributed by atoms with E-state index >= 15 is 0 Å². The number of nitrogens with two attached hydrogens (primary N) is 1. The number of hydrogen-bond acceptors (Lipinski definition) is 3. The summed E-state index contributed by atoms with van der Waals surface area (Å²) < 4.78 is 5.20. The van der Waals surface area contributed by atoms with Crippen LogP contribution in [0, 0.1) is 0 Å². The van der Waals surface area contributed by atoms with E-state index in [2.05, 4.69) is 5.32 Å². The molecule has 0 heterocycles. The maximum Gasteiger partial charge on any atom is 0.143 e. The van der Waals surface area contributed by atoms with Gasteiger partial charge in [0.1, 0.15) is 5.75 Å². The van der Waals surface area contributed by atoms with Crippen molar-refractivity contribution in [1.82, 2.24) is 0 Å². The van der Waals surface area contributed by atoms with Gasteiger partial charge >= 0.3 is 0 Å². The predicted octanol–water partition coefficient (Wildman–Crippen LogP) is 4.76. The van der Waals surface area contributed by atoms with E-state index in [1.807, 2.05) is 37.3 Å². The Kier molecular flexibility index (Phi) is 4.63. The molecular weight excluding hydrogens is 295 g/mol. The van der Waals surface area contributed by atoms with Crippen LogP contribution in [-0.4, -0.2) is 7.11 Å². The topological polar surface area (TPSA) is 47.3 Å². The molecule has 0 aromatic heterocycles. The lowest BCUT2D eigenvalue weighted by atomic mass is 10.1. The molecule has 20 heavy (non-hydrogen) atoms. The zero-order chi connectivity index (χ0) is 14.7. The molecule has 106 valence electrons. The van der Waals surface area contributed by atoms with Crippen LogP contribution in [-0.2, 0) is 0 Å². The van der Waals surface area contributed by atoms with Gasteiger partial charge in [-0.25, -0.2) is 0 Å². The number of halogens is 2. The third-order valence-corrected chi connectivity index (χ3v) is 3.65. The van der Waals surface area contributed by atoms with Crippen molar-refractivity contribution in [1.29, 1.82) is 0 Å². The molecule has 2 rings (SSSR count). The van der Waals surface area contributed by atoms with Gasteiger partial charge in [0.2, 0.25) is 0 Å². The fourth-order valence-electron chi connectivity index (χ4n) is 2.01. The van der Waals surface area contributed by atoms with Crippen molar-refractivity contribution in [2.24, 2.45) is 0 Å². The van der Waals surface area contributed by atoms with Gasteiger partial charge in [-0.05, 0) is 36.8 Å². The van der Waals surface area contributed by atoms with Gasteiger partial charge in [-0.15, -0.1) is 0 Å². The van der Waals surface area contributed by atoms with E-state index in [9.17, 15) is 0 Å². The molecule has 3 N–H and O–H groups in total. The van der Waals surface area contributed by atoms with Crippen molar-refractivity contribution in [2.75, 3.05) is 18.2 Å². The Morgan fingerprint density at radius 1 is 1.20 bits per heavy atom. The Labute approximate surface area is 128 Å². The first-order chi connectivity index (χ1) is 9.52. The molecule has 0 bridgehead atoms. The largest absolute Gasteiger partial charge is 0.495 e. The molecule has 5 heteroatoms. The molecular formula is C15H16Cl2N2O. The van der Waals surface area contributed by atoms with E-state index < -0.39 is 0 Å². The minimum absolute atomic E-state index is 0.00540. The van der Waals surface area contributed by atoms with Gasteiger partial charge in [-0.2, -0.15) is 0 Å². The fourth-order valence-corrected chi connectivity index (χ4v) is 2.58. The van der Waals surface area contributed by atoms with Gasteiger partial charge in [0.25, 0.3) is 0 Å². The molecule has 3 nitrogen and oxygen atoms in total. The number of hydrogen-bond donors (Lipinski definition) is 2. The highest BCUT2D eigenvalue weighted by atomic mass is 35.5. The summed E-state index contributed by atoms with van der Waals surface area (Å²) in [7, 11) is 1.59. The molecule has 0 radical (unpaired) electrons. The molecule has 2 aromatic rings. The molecule has 0 aliphatic rings. The number of ether oxygens (including phenoxy) is 1. The van der Waals surface area contributed by atoms with Crippen molar-refractivity contribution in [3.8, 4) is 5.75 Å². The minimum Gasteiger partial charge on any atom is -0.495 e. The molecule has 2 aromatic carbocycles. The molecule has 0 aliphatic carbocycles. The quantitative estimate of drug-likeness (QED) is 0.801. The smallest absolute Gasteiger partial charge is 0.143 e. The van der Waals surface area contributed by atoms with E-state index in [0.29, 0.717) is 21.5 Å². The summed E-state index contributed by atoms with van der Waals surface area (Å²) in [5, 5.41) is 4.57. The van der Waals surface area contributed by atoms with Crippen molar-refractivity contribution in [3.63, 3.8) is 0 Å². The van der Waals surface area contributed by atoms with E-state index in [1.165, 1.54) is 0 Å². The summed E-state index contributed by atoms with van der Waals surface area (Å²) in [5.41, 5.74) is 8.38. The summed E-state index contributed by atoms with van der Waals surface area (Å²) in [6.07, 6.45) is 0. The van der Waals surface area contributed by atoms with Gasteiger partial charge in [0, 0.05) is 10.0 Å². The van der Waals surface area contributed by atoms with Crippen LogP contribution in [0.25, 0.3) is 0 Å². The Morgan fingerprint density at radius 2 is 1.95 bits per heavy atom. The predicted molar refractivity (Wildman–Crippen MR) is 85.9 cm³/mol. The van der Waals surface area contributed by atoms with Gasteiger partial charge in [-0.1, -0.05) is 35.3 Å². The van der Waals surface area contributed by atoms with E-state index in [-0.39, 0.29) is 6.04 Å². The zero-order valence-electron chi connectivity index (χ0n) is 11.3. The molecule has 0 fully saturated rings. The number of anilines is 2. The van der Waals surface area contributed by atoms with Crippen molar-refractivity contribution in [3.05, 3.63) is 52.0 Å². The second kappa shape index (κ2) is 6.25. The number of nitrogens with one attached hydrogen (secondary N) is 1. The van der Waals surface area contributed by atoms with Gasteiger partial charge in [-0.3, -0.25) is 0 Å². The van der Waals surface area contributed by atoms with Crippen molar-refractivity contribution >= 4 is 34.6 Å². The Hall–Kier alpha value is -1.58. The number of methoxy groups -OCH3 is 1. The molecule has 1 unspecified atom stereocenters. The monoisotopic (exact) mass is 310 g/mol. The van der Waals surface area contributed by atoms with E-state index in [1.54, 1.807) is 13.2 Å². The van der Waals surface area contributed by atoms with Gasteiger partial charge in [0.15, 0.2) is 0 Å². The number of benzene rings is 2. The summed E-state index contributed by atoms with van der Waals surface area (Å²) in [4.78, 5) is 0. The van der Waals surface area contributed by atoms with Crippen LogP contribution in [0.2, 0.25) is 10.0 Å². The lowest BCUT2D eigenvalue weighted by Gasteiger charge is -2.19. The third-order valence-electron chi connectivity index (χ3n) is 3.09. The fraction of sp³-hybridized carbons (Fsp3) is 0.200. The second-order valence-corrected chi connectivity index (χ2v) is 5.30. The maximum atomic E-state index is 6.21. The average Bonchev–Trinajstić information content (AvgIpc) is 2.41. The Bertz CT molecular complexity index is 617.